The number of halogens is 1. The Kier molecular flexibility index (Phi) is 5.29. The van der Waals surface area contributed by atoms with Crippen molar-refractivity contribution in [2.45, 2.75) is 6.42 Å². The number of nitrogens with one attached hydrogen (secondary N) is 2. The molecule has 1 aromatic rings. The van der Waals surface area contributed by atoms with Crippen LogP contribution in [0.3, 0.4) is 0 Å². The van der Waals surface area contributed by atoms with Gasteiger partial charge in [-0.25, -0.2) is 4.79 Å². The van der Waals surface area contributed by atoms with Crippen molar-refractivity contribution in [2.75, 3.05) is 18.3 Å². The van der Waals surface area contributed by atoms with E-state index in [0.717, 1.165) is 0 Å². The lowest BCUT2D eigenvalue weighted by molar-refractivity contribution is -0.119. The first kappa shape index (κ1) is 13.3. The maximum atomic E-state index is 11.4. The normalized spacial score (nSPS) is 9.53. The van der Waals surface area contributed by atoms with Crippen molar-refractivity contribution < 1.29 is 14.3 Å². The van der Waals surface area contributed by atoms with Crippen LogP contribution in [0.2, 0.25) is 0 Å². The van der Waals surface area contributed by atoms with Gasteiger partial charge in [-0.15, -0.1) is 11.6 Å². The molecule has 0 saturated heterocycles. The van der Waals surface area contributed by atoms with Crippen molar-refractivity contribution in [1.82, 2.24) is 5.32 Å². The zero-order valence-electron chi connectivity index (χ0n) is 9.33. The molecule has 5 nitrogen and oxygen atoms in total. The fraction of sp³-hybridized carbons (Fsp3) is 0.273. The van der Waals surface area contributed by atoms with Crippen molar-refractivity contribution in [1.29, 1.82) is 0 Å². The van der Waals surface area contributed by atoms with Crippen molar-refractivity contribution >= 4 is 29.2 Å². The van der Waals surface area contributed by atoms with Gasteiger partial charge in [-0.05, 0) is 12.1 Å². The van der Waals surface area contributed by atoms with Gasteiger partial charge < -0.3 is 10.1 Å². The topological polar surface area (TPSA) is 67.4 Å². The molecule has 0 aliphatic carbocycles. The molecule has 17 heavy (non-hydrogen) atoms. The van der Waals surface area contributed by atoms with Gasteiger partial charge in [0.2, 0.25) is 5.91 Å². The summed E-state index contributed by atoms with van der Waals surface area (Å²) in [5.74, 6) is 0.383. The number of urea groups is 1. The minimum atomic E-state index is -0.589. The average Bonchev–Trinajstić information content (AvgIpc) is 2.29. The standard InChI is InChI=1S/C11H13ClN2O3/c1-17-9-4-2-3-8(7-9)13-11(16)14-10(15)5-6-12/h2-4,7H,5-6H2,1H3,(H2,13,14,15,16). The van der Waals surface area contributed by atoms with Crippen LogP contribution in [0.25, 0.3) is 0 Å². The summed E-state index contributed by atoms with van der Waals surface area (Å²) >= 11 is 5.37. The van der Waals surface area contributed by atoms with E-state index in [-0.39, 0.29) is 12.3 Å². The highest BCUT2D eigenvalue weighted by atomic mass is 35.5. The van der Waals surface area contributed by atoms with E-state index in [0.29, 0.717) is 11.4 Å². The molecular weight excluding hydrogens is 244 g/mol. The maximum Gasteiger partial charge on any atom is 0.325 e. The average molecular weight is 257 g/mol. The predicted molar refractivity (Wildman–Crippen MR) is 65.5 cm³/mol. The van der Waals surface area contributed by atoms with Crippen molar-refractivity contribution in [3.8, 4) is 5.75 Å². The van der Waals surface area contributed by atoms with Crippen LogP contribution < -0.4 is 15.4 Å². The fourth-order valence-electron chi connectivity index (χ4n) is 1.14. The molecule has 0 aromatic heterocycles. The van der Waals surface area contributed by atoms with Crippen LogP contribution in [0.5, 0.6) is 5.75 Å². The van der Waals surface area contributed by atoms with E-state index in [1.165, 1.54) is 7.11 Å². The summed E-state index contributed by atoms with van der Waals surface area (Å²) in [6, 6.07) is 6.23. The quantitative estimate of drug-likeness (QED) is 0.810. The maximum absolute atomic E-state index is 11.4. The molecule has 0 atom stereocenters. The minimum Gasteiger partial charge on any atom is -0.497 e. The Hall–Kier alpha value is -1.75. The van der Waals surface area contributed by atoms with Crippen LogP contribution in [0.4, 0.5) is 10.5 Å². The van der Waals surface area contributed by atoms with Gasteiger partial charge >= 0.3 is 6.03 Å². The highest BCUT2D eigenvalue weighted by Crippen LogP contribution is 2.16. The predicted octanol–water partition coefficient (Wildman–Crippen LogP) is 1.97. The van der Waals surface area contributed by atoms with Crippen molar-refractivity contribution in [3.05, 3.63) is 24.3 Å². The van der Waals surface area contributed by atoms with E-state index in [4.69, 9.17) is 16.3 Å². The highest BCUT2D eigenvalue weighted by Gasteiger charge is 2.07. The summed E-state index contributed by atoms with van der Waals surface area (Å²) in [5.41, 5.74) is 0.542. The van der Waals surface area contributed by atoms with Crippen molar-refractivity contribution in [3.63, 3.8) is 0 Å². The van der Waals surface area contributed by atoms with Crippen LogP contribution >= 0.6 is 11.6 Å². The van der Waals surface area contributed by atoms with Gasteiger partial charge in [0.15, 0.2) is 0 Å². The van der Waals surface area contributed by atoms with E-state index >= 15 is 0 Å². The second-order valence-electron chi connectivity index (χ2n) is 3.17. The summed E-state index contributed by atoms with van der Waals surface area (Å²) in [5, 5.41) is 4.66. The summed E-state index contributed by atoms with van der Waals surface area (Å²) in [7, 11) is 1.53. The number of carbonyl (C=O) groups excluding carboxylic acids is 2. The van der Waals surface area contributed by atoms with Crippen LogP contribution in [0, 0.1) is 0 Å². The first-order valence-corrected chi connectivity index (χ1v) is 5.50. The summed E-state index contributed by atoms with van der Waals surface area (Å²) in [6.45, 7) is 0. The van der Waals surface area contributed by atoms with Gasteiger partial charge in [-0.3, -0.25) is 10.1 Å². The molecule has 0 spiro atoms. The third-order valence-corrected chi connectivity index (χ3v) is 2.09. The Labute approximate surface area is 104 Å². The van der Waals surface area contributed by atoms with Gasteiger partial charge in [0.25, 0.3) is 0 Å². The molecule has 0 unspecified atom stereocenters. The molecule has 6 heteroatoms. The number of amides is 3. The van der Waals surface area contributed by atoms with Crippen LogP contribution in [0.15, 0.2) is 24.3 Å². The number of hydrogen-bond acceptors (Lipinski definition) is 3. The molecule has 0 fully saturated rings. The lowest BCUT2D eigenvalue weighted by atomic mass is 10.3. The summed E-state index contributed by atoms with van der Waals surface area (Å²) < 4.78 is 5.00. The molecule has 1 aromatic carbocycles. The van der Waals surface area contributed by atoms with E-state index in [9.17, 15) is 9.59 Å². The minimum absolute atomic E-state index is 0.104. The Morgan fingerprint density at radius 2 is 2.18 bits per heavy atom. The van der Waals surface area contributed by atoms with Gasteiger partial charge in [-0.2, -0.15) is 0 Å². The first-order chi connectivity index (χ1) is 8.15. The molecule has 1 rings (SSSR count). The lowest BCUT2D eigenvalue weighted by Gasteiger charge is -2.07. The number of ether oxygens (including phenoxy) is 1. The van der Waals surface area contributed by atoms with E-state index in [1.807, 2.05) is 0 Å². The summed E-state index contributed by atoms with van der Waals surface area (Å²) in [6.07, 6.45) is 0.104. The summed E-state index contributed by atoms with van der Waals surface area (Å²) in [4.78, 5) is 22.5. The molecule has 3 amide bonds. The number of alkyl halides is 1. The third-order valence-electron chi connectivity index (χ3n) is 1.90. The molecule has 0 bridgehead atoms. The Balaban J connectivity index is 2.52. The van der Waals surface area contributed by atoms with Crippen LogP contribution in [-0.2, 0) is 4.79 Å². The third kappa shape index (κ3) is 4.74. The van der Waals surface area contributed by atoms with Gasteiger partial charge in [-0.1, -0.05) is 6.07 Å². The number of rotatable bonds is 4. The number of imide groups is 1. The number of carbonyl (C=O) groups is 2. The Bertz CT molecular complexity index is 409. The Morgan fingerprint density at radius 3 is 2.82 bits per heavy atom. The second-order valence-corrected chi connectivity index (χ2v) is 3.55. The zero-order chi connectivity index (χ0) is 12.7. The second kappa shape index (κ2) is 6.75. The van der Waals surface area contributed by atoms with E-state index in [1.54, 1.807) is 24.3 Å². The zero-order valence-corrected chi connectivity index (χ0v) is 10.1. The number of anilines is 1. The molecule has 2 N–H and O–H groups in total. The number of hydrogen-bond donors (Lipinski definition) is 2. The first-order valence-electron chi connectivity index (χ1n) is 4.96. The SMILES string of the molecule is COc1cccc(NC(=O)NC(=O)CCCl)c1. The van der Waals surface area contributed by atoms with E-state index < -0.39 is 11.9 Å². The van der Waals surface area contributed by atoms with Crippen LogP contribution in [-0.4, -0.2) is 24.9 Å². The molecule has 0 aliphatic rings. The van der Waals surface area contributed by atoms with Gasteiger partial charge in [0, 0.05) is 24.1 Å². The smallest absolute Gasteiger partial charge is 0.325 e. The lowest BCUT2D eigenvalue weighted by Crippen LogP contribution is -2.34. The monoisotopic (exact) mass is 256 g/mol. The number of methoxy groups -OCH3 is 1. The van der Waals surface area contributed by atoms with Crippen molar-refractivity contribution in [2.24, 2.45) is 0 Å². The van der Waals surface area contributed by atoms with E-state index in [2.05, 4.69) is 10.6 Å². The van der Waals surface area contributed by atoms with Gasteiger partial charge in [0.1, 0.15) is 5.75 Å². The molecule has 0 heterocycles. The van der Waals surface area contributed by atoms with Gasteiger partial charge in [0.05, 0.1) is 7.11 Å². The molecule has 0 radical (unpaired) electrons. The van der Waals surface area contributed by atoms with Crippen LogP contribution in [0.1, 0.15) is 6.42 Å². The molecular formula is C11H13ClN2O3. The fourth-order valence-corrected chi connectivity index (χ4v) is 1.31. The molecule has 0 aliphatic heterocycles. The molecule has 92 valence electrons. The molecule has 0 saturated carbocycles. The Morgan fingerprint density at radius 1 is 1.41 bits per heavy atom. The highest BCUT2D eigenvalue weighted by molar-refractivity contribution is 6.19. The largest absolute Gasteiger partial charge is 0.497 e. The number of benzene rings is 1.